The number of rotatable bonds is 6. The van der Waals surface area contributed by atoms with Crippen LogP contribution in [0.2, 0.25) is 5.15 Å². The van der Waals surface area contributed by atoms with Crippen molar-refractivity contribution < 1.29 is 9.53 Å². The van der Waals surface area contributed by atoms with E-state index in [-0.39, 0.29) is 23.7 Å². The van der Waals surface area contributed by atoms with Crippen molar-refractivity contribution >= 4 is 17.5 Å². The second-order valence-electron chi connectivity index (χ2n) is 5.81. The topological polar surface area (TPSA) is 42.4 Å². The van der Waals surface area contributed by atoms with Crippen LogP contribution in [-0.2, 0) is 4.79 Å². The van der Waals surface area contributed by atoms with Crippen LogP contribution in [0, 0.1) is 0 Å². The lowest BCUT2D eigenvalue weighted by Crippen LogP contribution is -2.35. The van der Waals surface area contributed by atoms with Crippen LogP contribution in [0.25, 0.3) is 0 Å². The van der Waals surface area contributed by atoms with Crippen molar-refractivity contribution in [2.24, 2.45) is 0 Å². The second kappa shape index (κ2) is 8.50. The summed E-state index contributed by atoms with van der Waals surface area (Å²) in [5.74, 6) is 0.245. The predicted molar refractivity (Wildman–Crippen MR) is 102 cm³/mol. The zero-order valence-corrected chi connectivity index (χ0v) is 15.1. The van der Waals surface area contributed by atoms with E-state index in [2.05, 4.69) is 4.98 Å². The van der Waals surface area contributed by atoms with Gasteiger partial charge < -0.3 is 9.64 Å². The molecule has 0 aliphatic heterocycles. The van der Waals surface area contributed by atoms with Gasteiger partial charge in [0, 0.05) is 13.2 Å². The molecule has 0 aliphatic rings. The van der Waals surface area contributed by atoms with Crippen molar-refractivity contribution in [2.45, 2.75) is 6.04 Å². The smallest absolute Gasteiger partial charge is 0.261 e. The molecular formula is C21H19ClN2O2. The molecule has 0 atom stereocenters. The van der Waals surface area contributed by atoms with E-state index in [1.54, 1.807) is 30.3 Å². The first-order valence-electron chi connectivity index (χ1n) is 8.25. The maximum atomic E-state index is 12.8. The minimum atomic E-state index is -0.196. The average Bonchev–Trinajstić information content (AvgIpc) is 2.69. The monoisotopic (exact) mass is 366 g/mol. The summed E-state index contributed by atoms with van der Waals surface area (Å²) in [5, 5.41) is 0.241. The largest absolute Gasteiger partial charge is 0.481 e. The Morgan fingerprint density at radius 3 is 2.12 bits per heavy atom. The van der Waals surface area contributed by atoms with Crippen molar-refractivity contribution in [2.75, 3.05) is 13.7 Å². The van der Waals surface area contributed by atoms with Crippen LogP contribution in [0.4, 0.5) is 0 Å². The highest BCUT2D eigenvalue weighted by atomic mass is 35.5. The quantitative estimate of drug-likeness (QED) is 0.609. The van der Waals surface area contributed by atoms with Crippen LogP contribution in [0.3, 0.4) is 0 Å². The number of hydrogen-bond donors (Lipinski definition) is 0. The van der Waals surface area contributed by atoms with Gasteiger partial charge in [-0.1, -0.05) is 72.3 Å². The van der Waals surface area contributed by atoms with Gasteiger partial charge in [-0.15, -0.1) is 0 Å². The van der Waals surface area contributed by atoms with Gasteiger partial charge in [0.1, 0.15) is 0 Å². The molecule has 1 aromatic heterocycles. The number of carbonyl (C=O) groups excluding carboxylic acids is 1. The SMILES string of the molecule is CN(C(=O)COc1cccnc1Cl)C(c1ccccc1)c1ccccc1. The van der Waals surface area contributed by atoms with Crippen LogP contribution >= 0.6 is 11.6 Å². The summed E-state index contributed by atoms with van der Waals surface area (Å²) in [7, 11) is 1.78. The third-order valence-electron chi connectivity index (χ3n) is 4.09. The summed E-state index contributed by atoms with van der Waals surface area (Å²) < 4.78 is 5.56. The number of carbonyl (C=O) groups is 1. The van der Waals surface area contributed by atoms with E-state index in [1.807, 2.05) is 60.7 Å². The molecule has 0 bridgehead atoms. The fraction of sp³-hybridized carbons (Fsp3) is 0.143. The molecule has 132 valence electrons. The van der Waals surface area contributed by atoms with E-state index < -0.39 is 0 Å². The van der Waals surface area contributed by atoms with Crippen LogP contribution in [0.15, 0.2) is 79.0 Å². The number of nitrogens with zero attached hydrogens (tertiary/aromatic N) is 2. The minimum Gasteiger partial charge on any atom is -0.481 e. The van der Waals surface area contributed by atoms with Gasteiger partial charge in [-0.2, -0.15) is 0 Å². The normalized spacial score (nSPS) is 10.6. The molecular weight excluding hydrogens is 348 g/mol. The van der Waals surface area contributed by atoms with Gasteiger partial charge in [0.05, 0.1) is 6.04 Å². The molecule has 5 heteroatoms. The predicted octanol–water partition coefficient (Wildman–Crippen LogP) is 4.36. The van der Waals surface area contributed by atoms with Gasteiger partial charge >= 0.3 is 0 Å². The Morgan fingerprint density at radius 2 is 1.58 bits per heavy atom. The second-order valence-corrected chi connectivity index (χ2v) is 6.17. The molecule has 0 saturated heterocycles. The van der Waals surface area contributed by atoms with Crippen LogP contribution < -0.4 is 4.74 Å². The first kappa shape index (κ1) is 18.0. The standard InChI is InChI=1S/C21H19ClN2O2/c1-24(19(25)15-26-18-13-8-14-23-21(18)22)20(16-9-4-2-5-10-16)17-11-6-3-7-12-17/h2-14,20H,15H2,1H3. The molecule has 0 fully saturated rings. The Kier molecular flexibility index (Phi) is 5.87. The van der Waals surface area contributed by atoms with Gasteiger partial charge in [-0.3, -0.25) is 4.79 Å². The molecule has 2 aromatic carbocycles. The molecule has 0 N–H and O–H groups in total. The van der Waals surface area contributed by atoms with Gasteiger partial charge in [0.2, 0.25) is 0 Å². The zero-order chi connectivity index (χ0) is 18.4. The van der Waals surface area contributed by atoms with E-state index in [4.69, 9.17) is 16.3 Å². The Hall–Kier alpha value is -2.85. The van der Waals surface area contributed by atoms with Crippen LogP contribution in [0.1, 0.15) is 17.2 Å². The maximum Gasteiger partial charge on any atom is 0.261 e. The number of likely N-dealkylation sites (N-methyl/N-ethyl adjacent to an activating group) is 1. The van der Waals surface area contributed by atoms with Gasteiger partial charge in [-0.05, 0) is 23.3 Å². The number of pyridine rings is 1. The zero-order valence-electron chi connectivity index (χ0n) is 14.4. The molecule has 3 rings (SSSR count). The van der Waals surface area contributed by atoms with Crippen molar-refractivity contribution in [3.8, 4) is 5.75 Å². The van der Waals surface area contributed by atoms with Crippen molar-refractivity contribution in [1.29, 1.82) is 0 Å². The molecule has 3 aromatic rings. The summed E-state index contributed by atoms with van der Waals surface area (Å²) in [4.78, 5) is 18.4. The first-order chi connectivity index (χ1) is 12.7. The Labute approximate surface area is 158 Å². The Bertz CT molecular complexity index is 817. The van der Waals surface area contributed by atoms with E-state index in [0.717, 1.165) is 11.1 Å². The fourth-order valence-corrected chi connectivity index (χ4v) is 2.95. The van der Waals surface area contributed by atoms with E-state index in [1.165, 1.54) is 0 Å². The number of ether oxygens (including phenoxy) is 1. The molecule has 0 spiro atoms. The van der Waals surface area contributed by atoms with Crippen LogP contribution in [0.5, 0.6) is 5.75 Å². The highest BCUT2D eigenvalue weighted by Crippen LogP contribution is 2.28. The number of benzene rings is 2. The van der Waals surface area contributed by atoms with E-state index in [0.29, 0.717) is 5.75 Å². The van der Waals surface area contributed by atoms with E-state index >= 15 is 0 Å². The van der Waals surface area contributed by atoms with Crippen molar-refractivity contribution in [3.05, 3.63) is 95.3 Å². The molecule has 0 unspecified atom stereocenters. The summed E-state index contributed by atoms with van der Waals surface area (Å²) in [6, 6.07) is 23.1. The van der Waals surface area contributed by atoms with Gasteiger partial charge in [0.25, 0.3) is 5.91 Å². The van der Waals surface area contributed by atoms with E-state index in [9.17, 15) is 4.79 Å². The maximum absolute atomic E-state index is 12.8. The molecule has 4 nitrogen and oxygen atoms in total. The summed E-state index contributed by atoms with van der Waals surface area (Å²) in [5.41, 5.74) is 2.07. The molecule has 0 aliphatic carbocycles. The number of aromatic nitrogens is 1. The first-order valence-corrected chi connectivity index (χ1v) is 8.63. The number of halogens is 1. The number of amides is 1. The lowest BCUT2D eigenvalue weighted by Gasteiger charge is -2.29. The summed E-state index contributed by atoms with van der Waals surface area (Å²) in [6.45, 7) is -0.113. The average molecular weight is 367 g/mol. The highest BCUT2D eigenvalue weighted by molar-refractivity contribution is 6.30. The molecule has 0 radical (unpaired) electrons. The van der Waals surface area contributed by atoms with Crippen molar-refractivity contribution in [3.63, 3.8) is 0 Å². The molecule has 0 saturated carbocycles. The Morgan fingerprint density at radius 1 is 1.00 bits per heavy atom. The third kappa shape index (κ3) is 4.21. The van der Waals surface area contributed by atoms with Gasteiger partial charge in [-0.25, -0.2) is 4.98 Å². The molecule has 26 heavy (non-hydrogen) atoms. The Balaban J connectivity index is 1.80. The minimum absolute atomic E-state index is 0.113. The lowest BCUT2D eigenvalue weighted by molar-refractivity contribution is -0.133. The number of hydrogen-bond acceptors (Lipinski definition) is 3. The fourth-order valence-electron chi connectivity index (χ4n) is 2.77. The molecule has 1 amide bonds. The highest BCUT2D eigenvalue weighted by Gasteiger charge is 2.23. The molecule has 1 heterocycles. The van der Waals surface area contributed by atoms with Crippen molar-refractivity contribution in [1.82, 2.24) is 9.88 Å². The summed E-state index contributed by atoms with van der Waals surface area (Å²) >= 11 is 5.98. The lowest BCUT2D eigenvalue weighted by atomic mass is 9.97. The summed E-state index contributed by atoms with van der Waals surface area (Å²) in [6.07, 6.45) is 1.57. The third-order valence-corrected chi connectivity index (χ3v) is 4.37. The van der Waals surface area contributed by atoms with Crippen LogP contribution in [-0.4, -0.2) is 29.4 Å². The van der Waals surface area contributed by atoms with Gasteiger partial charge in [0.15, 0.2) is 17.5 Å².